The highest BCUT2D eigenvalue weighted by molar-refractivity contribution is 7.09. The van der Waals surface area contributed by atoms with Gasteiger partial charge in [-0.3, -0.25) is 9.69 Å². The molecule has 0 atom stereocenters. The summed E-state index contributed by atoms with van der Waals surface area (Å²) in [5, 5.41) is 12.1. The molecule has 2 rings (SSSR count). The van der Waals surface area contributed by atoms with Crippen LogP contribution >= 0.6 is 11.3 Å². The summed E-state index contributed by atoms with van der Waals surface area (Å²) in [5.41, 5.74) is 1.87. The molecule has 6 heteroatoms. The number of carbonyl (C=O) groups excluding carboxylic acids is 1. The lowest BCUT2D eigenvalue weighted by atomic mass is 10.1. The Kier molecular flexibility index (Phi) is 8.74. The first kappa shape index (κ1) is 20.6. The number of hydrogen-bond donors (Lipinski definition) is 1. The SMILES string of the molecule is CCCN(CCC)Cc1ccc(C(=O)N(CCO)Cc2nccs2)cc1. The molecule has 0 radical (unpaired) electrons. The third kappa shape index (κ3) is 6.20. The fraction of sp³-hybridized carbons (Fsp3) is 0.500. The van der Waals surface area contributed by atoms with Gasteiger partial charge in [-0.15, -0.1) is 11.3 Å². The van der Waals surface area contributed by atoms with Gasteiger partial charge >= 0.3 is 0 Å². The number of aliphatic hydroxyl groups excluding tert-OH is 1. The summed E-state index contributed by atoms with van der Waals surface area (Å²) in [4.78, 5) is 21.1. The predicted molar refractivity (Wildman–Crippen MR) is 106 cm³/mol. The van der Waals surface area contributed by atoms with Gasteiger partial charge in [0.25, 0.3) is 5.91 Å². The van der Waals surface area contributed by atoms with Crippen molar-refractivity contribution in [3.05, 3.63) is 52.0 Å². The molecular weight excluding hydrogens is 346 g/mol. The summed E-state index contributed by atoms with van der Waals surface area (Å²) in [6.45, 7) is 8.17. The van der Waals surface area contributed by atoms with Crippen LogP contribution in [0.5, 0.6) is 0 Å². The topological polar surface area (TPSA) is 56.7 Å². The van der Waals surface area contributed by atoms with E-state index in [2.05, 4.69) is 23.7 Å². The van der Waals surface area contributed by atoms with E-state index in [9.17, 15) is 9.90 Å². The van der Waals surface area contributed by atoms with Crippen molar-refractivity contribution in [2.24, 2.45) is 0 Å². The molecule has 0 aliphatic heterocycles. The molecule has 1 N–H and O–H groups in total. The molecule has 1 amide bonds. The van der Waals surface area contributed by atoms with Gasteiger partial charge in [0.1, 0.15) is 5.01 Å². The van der Waals surface area contributed by atoms with E-state index in [1.807, 2.05) is 29.6 Å². The summed E-state index contributed by atoms with van der Waals surface area (Å²) in [6.07, 6.45) is 4.02. The quantitative estimate of drug-likeness (QED) is 0.654. The number of benzene rings is 1. The monoisotopic (exact) mass is 375 g/mol. The van der Waals surface area contributed by atoms with E-state index >= 15 is 0 Å². The maximum absolute atomic E-state index is 12.8. The average Bonchev–Trinajstić information content (AvgIpc) is 3.15. The average molecular weight is 376 g/mol. The van der Waals surface area contributed by atoms with Crippen molar-refractivity contribution < 1.29 is 9.90 Å². The summed E-state index contributed by atoms with van der Waals surface area (Å²) in [5.74, 6) is -0.0697. The molecule has 0 saturated heterocycles. The minimum atomic E-state index is -0.0697. The van der Waals surface area contributed by atoms with Crippen LogP contribution in [0.2, 0.25) is 0 Å². The summed E-state index contributed by atoms with van der Waals surface area (Å²) in [6, 6.07) is 7.85. The Hall–Kier alpha value is -1.76. The first-order valence-electron chi connectivity index (χ1n) is 9.27. The number of hydrogen-bond acceptors (Lipinski definition) is 5. The van der Waals surface area contributed by atoms with Crippen molar-refractivity contribution in [2.45, 2.75) is 39.8 Å². The normalized spacial score (nSPS) is 11.1. The zero-order chi connectivity index (χ0) is 18.8. The third-order valence-corrected chi connectivity index (χ3v) is 4.92. The Morgan fingerprint density at radius 1 is 1.08 bits per heavy atom. The Morgan fingerprint density at radius 2 is 1.77 bits per heavy atom. The van der Waals surface area contributed by atoms with Crippen molar-refractivity contribution >= 4 is 17.2 Å². The number of amides is 1. The van der Waals surface area contributed by atoms with Crippen LogP contribution in [-0.4, -0.2) is 52.0 Å². The highest BCUT2D eigenvalue weighted by Crippen LogP contribution is 2.14. The molecule has 0 aliphatic carbocycles. The van der Waals surface area contributed by atoms with Crippen molar-refractivity contribution in [1.82, 2.24) is 14.8 Å². The van der Waals surface area contributed by atoms with Crippen LogP contribution in [-0.2, 0) is 13.1 Å². The number of carbonyl (C=O) groups is 1. The minimum absolute atomic E-state index is 0.0573. The van der Waals surface area contributed by atoms with Crippen molar-refractivity contribution in [1.29, 1.82) is 0 Å². The lowest BCUT2D eigenvalue weighted by molar-refractivity contribution is 0.0707. The maximum Gasteiger partial charge on any atom is 0.254 e. The lowest BCUT2D eigenvalue weighted by Crippen LogP contribution is -2.33. The Balaban J connectivity index is 2.03. The van der Waals surface area contributed by atoms with Crippen molar-refractivity contribution in [3.63, 3.8) is 0 Å². The Bertz CT molecular complexity index is 638. The molecule has 0 spiro atoms. The zero-order valence-corrected chi connectivity index (χ0v) is 16.5. The van der Waals surface area contributed by atoms with Gasteiger partial charge in [0.05, 0.1) is 13.2 Å². The fourth-order valence-corrected chi connectivity index (χ4v) is 3.59. The predicted octanol–water partition coefficient (Wildman–Crippen LogP) is 3.40. The number of rotatable bonds is 11. The molecule has 1 aromatic carbocycles. The largest absolute Gasteiger partial charge is 0.395 e. The number of nitrogens with zero attached hydrogens (tertiary/aromatic N) is 3. The van der Waals surface area contributed by atoms with Gasteiger partial charge in [-0.2, -0.15) is 0 Å². The van der Waals surface area contributed by atoms with E-state index < -0.39 is 0 Å². The van der Waals surface area contributed by atoms with E-state index in [0.717, 1.165) is 37.5 Å². The second-order valence-electron chi connectivity index (χ2n) is 6.35. The molecular formula is C20H29N3O2S. The van der Waals surface area contributed by atoms with E-state index in [1.165, 1.54) is 16.9 Å². The minimum Gasteiger partial charge on any atom is -0.395 e. The van der Waals surface area contributed by atoms with Crippen LogP contribution in [0.15, 0.2) is 35.8 Å². The van der Waals surface area contributed by atoms with Crippen LogP contribution in [0.1, 0.15) is 47.6 Å². The molecule has 0 aliphatic rings. The highest BCUT2D eigenvalue weighted by Gasteiger charge is 2.17. The van der Waals surface area contributed by atoms with Gasteiger partial charge in [0.2, 0.25) is 0 Å². The summed E-state index contributed by atoms with van der Waals surface area (Å²) in [7, 11) is 0. The number of aromatic nitrogens is 1. The lowest BCUT2D eigenvalue weighted by Gasteiger charge is -2.22. The Morgan fingerprint density at radius 3 is 2.31 bits per heavy atom. The summed E-state index contributed by atoms with van der Waals surface area (Å²) >= 11 is 1.52. The fourth-order valence-electron chi connectivity index (χ4n) is 2.96. The smallest absolute Gasteiger partial charge is 0.254 e. The maximum atomic E-state index is 12.8. The number of aliphatic hydroxyl groups is 1. The standard InChI is InChI=1S/C20H29N3O2S/c1-3-10-22(11-4-2)15-17-5-7-18(8-6-17)20(25)23(12-13-24)16-19-21-9-14-26-19/h5-9,14,24H,3-4,10-13,15-16H2,1-2H3. The number of thiazole rings is 1. The second kappa shape index (κ2) is 11.1. The van der Waals surface area contributed by atoms with Gasteiger partial charge in [-0.25, -0.2) is 4.98 Å². The third-order valence-electron chi connectivity index (χ3n) is 4.15. The molecule has 5 nitrogen and oxygen atoms in total. The zero-order valence-electron chi connectivity index (χ0n) is 15.7. The van der Waals surface area contributed by atoms with E-state index in [4.69, 9.17) is 0 Å². The molecule has 0 fully saturated rings. The molecule has 1 heterocycles. The van der Waals surface area contributed by atoms with Gasteiger partial charge < -0.3 is 10.0 Å². The molecule has 0 bridgehead atoms. The van der Waals surface area contributed by atoms with Gasteiger partial charge in [0, 0.05) is 30.2 Å². The van der Waals surface area contributed by atoms with Crippen LogP contribution in [0, 0.1) is 0 Å². The van der Waals surface area contributed by atoms with Crippen LogP contribution in [0.25, 0.3) is 0 Å². The van der Waals surface area contributed by atoms with Gasteiger partial charge in [-0.05, 0) is 43.6 Å². The van der Waals surface area contributed by atoms with Crippen LogP contribution < -0.4 is 0 Å². The van der Waals surface area contributed by atoms with E-state index in [-0.39, 0.29) is 12.5 Å². The molecule has 0 saturated carbocycles. The first-order valence-corrected chi connectivity index (χ1v) is 10.2. The van der Waals surface area contributed by atoms with E-state index in [0.29, 0.717) is 18.7 Å². The Labute approximate surface area is 160 Å². The molecule has 2 aromatic rings. The second-order valence-corrected chi connectivity index (χ2v) is 7.33. The van der Waals surface area contributed by atoms with Crippen LogP contribution in [0.4, 0.5) is 0 Å². The highest BCUT2D eigenvalue weighted by atomic mass is 32.1. The van der Waals surface area contributed by atoms with Gasteiger partial charge in [0.15, 0.2) is 0 Å². The van der Waals surface area contributed by atoms with E-state index in [1.54, 1.807) is 11.1 Å². The molecule has 142 valence electrons. The van der Waals surface area contributed by atoms with Gasteiger partial charge in [-0.1, -0.05) is 26.0 Å². The molecule has 0 unspecified atom stereocenters. The molecule has 26 heavy (non-hydrogen) atoms. The van der Waals surface area contributed by atoms with Crippen LogP contribution in [0.3, 0.4) is 0 Å². The van der Waals surface area contributed by atoms with Crippen molar-refractivity contribution in [3.8, 4) is 0 Å². The molecule has 1 aromatic heterocycles. The van der Waals surface area contributed by atoms with Crippen molar-refractivity contribution in [2.75, 3.05) is 26.2 Å². The summed E-state index contributed by atoms with van der Waals surface area (Å²) < 4.78 is 0. The first-order chi connectivity index (χ1) is 12.7.